The van der Waals surface area contributed by atoms with Crippen LogP contribution in [0, 0.1) is 5.92 Å². The molecule has 82 valence electrons. The summed E-state index contributed by atoms with van der Waals surface area (Å²) in [6.45, 7) is 2.36. The van der Waals surface area contributed by atoms with Gasteiger partial charge in [-0.2, -0.15) is 0 Å². The normalized spacial score (nSPS) is 44.1. The van der Waals surface area contributed by atoms with E-state index in [0.717, 1.165) is 5.92 Å². The molecular weight excluding hydrogens is 240 g/mol. The predicted octanol–water partition coefficient (Wildman–Crippen LogP) is 3.90. The monoisotopic (exact) mass is 260 g/mol. The molecule has 0 saturated heterocycles. The maximum atomic E-state index is 6.17. The highest BCUT2D eigenvalue weighted by Gasteiger charge is 2.29. The van der Waals surface area contributed by atoms with Crippen LogP contribution in [0.4, 0.5) is 0 Å². The molecule has 0 amide bonds. The second kappa shape index (κ2) is 4.98. The van der Waals surface area contributed by atoms with Crippen LogP contribution in [0.5, 0.6) is 0 Å². The first-order chi connectivity index (χ1) is 6.75. The Labute approximate surface area is 95.7 Å². The lowest BCUT2D eigenvalue weighted by molar-refractivity contribution is -0.0287. The molecule has 2 heteroatoms. The van der Waals surface area contributed by atoms with E-state index in [1.807, 2.05) is 0 Å². The Bertz CT molecular complexity index is 175. The molecule has 0 heterocycles. The summed E-state index contributed by atoms with van der Waals surface area (Å²) >= 11 is 3.72. The summed E-state index contributed by atoms with van der Waals surface area (Å²) in [5.41, 5.74) is 0. The molecule has 0 spiro atoms. The Kier molecular flexibility index (Phi) is 3.89. The van der Waals surface area contributed by atoms with Crippen molar-refractivity contribution in [1.82, 2.24) is 0 Å². The van der Waals surface area contributed by atoms with Crippen LogP contribution in [0.25, 0.3) is 0 Å². The van der Waals surface area contributed by atoms with Crippen LogP contribution in [-0.4, -0.2) is 17.0 Å². The molecule has 2 rings (SSSR count). The van der Waals surface area contributed by atoms with Crippen molar-refractivity contribution in [2.75, 3.05) is 0 Å². The number of hydrogen-bond donors (Lipinski definition) is 0. The van der Waals surface area contributed by atoms with Crippen LogP contribution >= 0.6 is 15.9 Å². The van der Waals surface area contributed by atoms with E-state index in [-0.39, 0.29) is 0 Å². The van der Waals surface area contributed by atoms with E-state index in [1.165, 1.54) is 44.9 Å². The number of halogens is 1. The Morgan fingerprint density at radius 1 is 1.00 bits per heavy atom. The Hall–Kier alpha value is 0.440. The summed E-state index contributed by atoms with van der Waals surface area (Å²) in [5, 5.41) is 0. The van der Waals surface area contributed by atoms with Crippen LogP contribution in [0.15, 0.2) is 0 Å². The van der Waals surface area contributed by atoms with Crippen molar-refractivity contribution in [3.8, 4) is 0 Å². The zero-order chi connectivity index (χ0) is 9.97. The van der Waals surface area contributed by atoms with Gasteiger partial charge in [-0.1, -0.05) is 22.9 Å². The van der Waals surface area contributed by atoms with Gasteiger partial charge in [0.05, 0.1) is 12.2 Å². The smallest absolute Gasteiger partial charge is 0.0703 e. The summed E-state index contributed by atoms with van der Waals surface area (Å²) in [5.74, 6) is 0.929. The van der Waals surface area contributed by atoms with Gasteiger partial charge >= 0.3 is 0 Å². The fourth-order valence-corrected chi connectivity index (χ4v) is 3.36. The lowest BCUT2D eigenvalue weighted by Crippen LogP contribution is -2.28. The summed E-state index contributed by atoms with van der Waals surface area (Å²) in [6.07, 6.45) is 10.3. The molecule has 1 nitrogen and oxygen atoms in total. The van der Waals surface area contributed by atoms with E-state index in [0.29, 0.717) is 17.0 Å². The molecule has 2 unspecified atom stereocenters. The van der Waals surface area contributed by atoms with E-state index in [2.05, 4.69) is 22.9 Å². The molecule has 2 atom stereocenters. The van der Waals surface area contributed by atoms with Crippen LogP contribution < -0.4 is 0 Å². The zero-order valence-corrected chi connectivity index (χ0v) is 10.6. The molecule has 14 heavy (non-hydrogen) atoms. The van der Waals surface area contributed by atoms with Gasteiger partial charge in [0.1, 0.15) is 0 Å². The summed E-state index contributed by atoms with van der Waals surface area (Å²) in [4.78, 5) is 0.627. The summed E-state index contributed by atoms with van der Waals surface area (Å²) in [7, 11) is 0. The van der Waals surface area contributed by atoms with E-state index in [4.69, 9.17) is 4.74 Å². The fraction of sp³-hybridized carbons (Fsp3) is 1.00. The second-order valence-corrected chi connectivity index (χ2v) is 6.18. The number of ether oxygens (including phenoxy) is 1. The minimum Gasteiger partial charge on any atom is -0.374 e. The van der Waals surface area contributed by atoms with Gasteiger partial charge in [0, 0.05) is 4.83 Å². The SMILES string of the molecule is CC1CCC(OC2CCCC2Br)CC1. The average molecular weight is 261 g/mol. The number of hydrogen-bond acceptors (Lipinski definition) is 1. The van der Waals surface area contributed by atoms with E-state index < -0.39 is 0 Å². The van der Waals surface area contributed by atoms with E-state index in [9.17, 15) is 0 Å². The highest BCUT2D eigenvalue weighted by molar-refractivity contribution is 9.09. The van der Waals surface area contributed by atoms with Crippen molar-refractivity contribution in [3.63, 3.8) is 0 Å². The van der Waals surface area contributed by atoms with Crippen LogP contribution in [0.1, 0.15) is 51.9 Å². The largest absolute Gasteiger partial charge is 0.374 e. The molecule has 0 N–H and O–H groups in total. The molecule has 2 aliphatic carbocycles. The lowest BCUT2D eigenvalue weighted by Gasteiger charge is -2.29. The van der Waals surface area contributed by atoms with Crippen LogP contribution in [0.3, 0.4) is 0 Å². The minimum atomic E-state index is 0.508. The molecule has 0 radical (unpaired) electrons. The zero-order valence-electron chi connectivity index (χ0n) is 9.05. The third-order valence-corrected chi connectivity index (χ3v) is 4.75. The lowest BCUT2D eigenvalue weighted by atomic mass is 9.89. The number of alkyl halides is 1. The van der Waals surface area contributed by atoms with Gasteiger partial charge < -0.3 is 4.74 Å². The van der Waals surface area contributed by atoms with Crippen molar-refractivity contribution in [2.24, 2.45) is 5.92 Å². The maximum Gasteiger partial charge on any atom is 0.0703 e. The van der Waals surface area contributed by atoms with E-state index >= 15 is 0 Å². The standard InChI is InChI=1S/C12H21BrO/c1-9-5-7-10(8-6-9)14-12-4-2-3-11(12)13/h9-12H,2-8H2,1H3. The van der Waals surface area contributed by atoms with Crippen molar-refractivity contribution in [2.45, 2.75) is 68.9 Å². The van der Waals surface area contributed by atoms with Gasteiger partial charge in [-0.3, -0.25) is 0 Å². The predicted molar refractivity (Wildman–Crippen MR) is 62.9 cm³/mol. The fourth-order valence-electron chi connectivity index (χ4n) is 2.65. The topological polar surface area (TPSA) is 9.23 Å². The van der Waals surface area contributed by atoms with Gasteiger partial charge in [-0.05, 0) is 50.9 Å². The Balaban J connectivity index is 1.74. The van der Waals surface area contributed by atoms with Gasteiger partial charge in [0.15, 0.2) is 0 Å². The molecule has 2 saturated carbocycles. The molecule has 0 aromatic rings. The third-order valence-electron chi connectivity index (χ3n) is 3.70. The molecule has 0 bridgehead atoms. The second-order valence-electron chi connectivity index (χ2n) is 5.00. The number of rotatable bonds is 2. The first-order valence-electron chi connectivity index (χ1n) is 6.05. The Morgan fingerprint density at radius 2 is 1.71 bits per heavy atom. The van der Waals surface area contributed by atoms with Gasteiger partial charge in [-0.15, -0.1) is 0 Å². The Morgan fingerprint density at radius 3 is 2.29 bits per heavy atom. The van der Waals surface area contributed by atoms with Crippen LogP contribution in [-0.2, 0) is 4.74 Å². The minimum absolute atomic E-state index is 0.508. The highest BCUT2D eigenvalue weighted by atomic mass is 79.9. The van der Waals surface area contributed by atoms with Crippen LogP contribution in [0.2, 0.25) is 0 Å². The maximum absolute atomic E-state index is 6.17. The molecule has 0 aromatic heterocycles. The first kappa shape index (κ1) is 10.9. The van der Waals surface area contributed by atoms with E-state index in [1.54, 1.807) is 0 Å². The molecule has 0 aromatic carbocycles. The van der Waals surface area contributed by atoms with Crippen molar-refractivity contribution in [3.05, 3.63) is 0 Å². The van der Waals surface area contributed by atoms with Gasteiger partial charge in [0.25, 0.3) is 0 Å². The molecule has 2 aliphatic rings. The third kappa shape index (κ3) is 2.73. The molecular formula is C12H21BrO. The van der Waals surface area contributed by atoms with Crippen molar-refractivity contribution in [1.29, 1.82) is 0 Å². The average Bonchev–Trinajstić information content (AvgIpc) is 2.56. The molecule has 2 fully saturated rings. The van der Waals surface area contributed by atoms with Crippen molar-refractivity contribution < 1.29 is 4.74 Å². The van der Waals surface area contributed by atoms with Gasteiger partial charge in [-0.25, -0.2) is 0 Å². The quantitative estimate of drug-likeness (QED) is 0.685. The molecule has 0 aliphatic heterocycles. The summed E-state index contributed by atoms with van der Waals surface area (Å²) in [6, 6.07) is 0. The van der Waals surface area contributed by atoms with Gasteiger partial charge in [0.2, 0.25) is 0 Å². The first-order valence-corrected chi connectivity index (χ1v) is 6.97. The highest BCUT2D eigenvalue weighted by Crippen LogP contribution is 2.33. The van der Waals surface area contributed by atoms with Crippen molar-refractivity contribution >= 4 is 15.9 Å². The summed E-state index contributed by atoms with van der Waals surface area (Å²) < 4.78 is 6.17.